The minimum atomic E-state index is -4.70. The minimum absolute atomic E-state index is 0.222. The van der Waals surface area contributed by atoms with Crippen molar-refractivity contribution in [1.29, 1.82) is 0 Å². The van der Waals surface area contributed by atoms with Crippen molar-refractivity contribution in [1.82, 2.24) is 0 Å². The van der Waals surface area contributed by atoms with Crippen LogP contribution in [-0.4, -0.2) is 0 Å². The summed E-state index contributed by atoms with van der Waals surface area (Å²) in [6.45, 7) is 0.359. The molecule has 1 heterocycles. The number of anilines is 1. The lowest BCUT2D eigenvalue weighted by atomic mass is 10.2. The summed E-state index contributed by atoms with van der Waals surface area (Å²) in [7, 11) is 0. The first-order valence-corrected chi connectivity index (χ1v) is 7.72. The summed E-state index contributed by atoms with van der Waals surface area (Å²) in [6, 6.07) is 4.72. The Labute approximate surface area is 133 Å². The van der Waals surface area contributed by atoms with Crippen molar-refractivity contribution < 1.29 is 17.6 Å². The van der Waals surface area contributed by atoms with Crippen LogP contribution in [0.25, 0.3) is 0 Å². The third-order valence-corrected chi connectivity index (χ3v) is 5.69. The monoisotopic (exact) mass is 431 g/mol. The van der Waals surface area contributed by atoms with Crippen LogP contribution < -0.4 is 5.32 Å². The Morgan fingerprint density at radius 1 is 1.15 bits per heavy atom. The molecule has 20 heavy (non-hydrogen) atoms. The molecule has 0 aliphatic carbocycles. The highest BCUT2D eigenvalue weighted by atomic mass is 79.9. The van der Waals surface area contributed by atoms with E-state index in [0.717, 1.165) is 25.3 Å². The maximum Gasteiger partial charge on any atom is 0.419 e. The lowest BCUT2D eigenvalue weighted by Gasteiger charge is -2.11. The van der Waals surface area contributed by atoms with Gasteiger partial charge in [0.25, 0.3) is 0 Å². The standard InChI is InChI=1S/C12H7Br2F4NS/c13-9-4-7(20-11(9)14)5-19-6-1-2-10(15)8(3-6)12(16,17)18/h1-4,19H,5H2. The molecule has 0 atom stereocenters. The van der Waals surface area contributed by atoms with Crippen LogP contribution in [0.4, 0.5) is 23.2 Å². The fraction of sp³-hybridized carbons (Fsp3) is 0.167. The zero-order valence-electron chi connectivity index (χ0n) is 9.69. The van der Waals surface area contributed by atoms with Gasteiger partial charge in [0.1, 0.15) is 5.82 Å². The van der Waals surface area contributed by atoms with E-state index < -0.39 is 17.6 Å². The molecule has 0 radical (unpaired) electrons. The number of hydrogen-bond acceptors (Lipinski definition) is 2. The number of alkyl halides is 3. The predicted octanol–water partition coefficient (Wildman–Crippen LogP) is 6.04. The van der Waals surface area contributed by atoms with Crippen molar-refractivity contribution in [3.8, 4) is 0 Å². The maximum atomic E-state index is 13.1. The van der Waals surface area contributed by atoms with Crippen molar-refractivity contribution in [2.75, 3.05) is 5.32 Å². The molecule has 0 spiro atoms. The zero-order chi connectivity index (χ0) is 14.9. The highest BCUT2D eigenvalue weighted by Crippen LogP contribution is 2.34. The van der Waals surface area contributed by atoms with Gasteiger partial charge in [0.05, 0.1) is 9.35 Å². The van der Waals surface area contributed by atoms with Gasteiger partial charge in [-0.15, -0.1) is 11.3 Å². The maximum absolute atomic E-state index is 13.1. The lowest BCUT2D eigenvalue weighted by molar-refractivity contribution is -0.139. The van der Waals surface area contributed by atoms with E-state index in [1.54, 1.807) is 0 Å². The molecule has 1 aromatic heterocycles. The molecule has 0 aliphatic heterocycles. The summed E-state index contributed by atoms with van der Waals surface area (Å²) >= 11 is 8.12. The van der Waals surface area contributed by atoms with E-state index >= 15 is 0 Å². The first kappa shape index (κ1) is 15.8. The van der Waals surface area contributed by atoms with Crippen LogP contribution in [0.5, 0.6) is 0 Å². The molecular formula is C12H7Br2F4NS. The fourth-order valence-corrected chi connectivity index (χ4v) is 3.64. The van der Waals surface area contributed by atoms with Gasteiger partial charge < -0.3 is 5.32 Å². The third kappa shape index (κ3) is 3.73. The number of nitrogens with one attached hydrogen (secondary N) is 1. The topological polar surface area (TPSA) is 12.0 Å². The lowest BCUT2D eigenvalue weighted by Crippen LogP contribution is -2.09. The number of thiophene rings is 1. The SMILES string of the molecule is Fc1ccc(NCc2cc(Br)c(Br)s2)cc1C(F)(F)F. The second kappa shape index (κ2) is 6.03. The molecule has 0 fully saturated rings. The molecule has 0 bridgehead atoms. The van der Waals surface area contributed by atoms with Crippen LogP contribution in [0.2, 0.25) is 0 Å². The minimum Gasteiger partial charge on any atom is -0.380 e. The molecule has 2 rings (SSSR count). The van der Waals surface area contributed by atoms with Crippen molar-refractivity contribution in [3.05, 3.63) is 48.8 Å². The van der Waals surface area contributed by atoms with Gasteiger partial charge >= 0.3 is 6.18 Å². The van der Waals surface area contributed by atoms with Gasteiger partial charge in [-0.25, -0.2) is 4.39 Å². The smallest absolute Gasteiger partial charge is 0.380 e. The van der Waals surface area contributed by atoms with E-state index in [1.165, 1.54) is 17.4 Å². The molecule has 0 saturated carbocycles. The third-order valence-electron chi connectivity index (χ3n) is 2.43. The van der Waals surface area contributed by atoms with Gasteiger partial charge in [-0.2, -0.15) is 13.2 Å². The van der Waals surface area contributed by atoms with Crippen LogP contribution >= 0.6 is 43.2 Å². The Kier molecular flexibility index (Phi) is 4.76. The Balaban J connectivity index is 2.14. The molecule has 0 saturated heterocycles. The Morgan fingerprint density at radius 2 is 1.85 bits per heavy atom. The van der Waals surface area contributed by atoms with Crippen LogP contribution in [0.1, 0.15) is 10.4 Å². The number of halogens is 6. The van der Waals surface area contributed by atoms with Crippen LogP contribution in [0.3, 0.4) is 0 Å². The number of benzene rings is 1. The van der Waals surface area contributed by atoms with Crippen molar-refractivity contribution in [2.24, 2.45) is 0 Å². The van der Waals surface area contributed by atoms with Gasteiger partial charge in [-0.05, 0) is 56.1 Å². The molecule has 8 heteroatoms. The van der Waals surface area contributed by atoms with E-state index in [1.807, 2.05) is 6.07 Å². The van der Waals surface area contributed by atoms with Gasteiger partial charge in [0.2, 0.25) is 0 Å². The summed E-state index contributed by atoms with van der Waals surface area (Å²) in [5.41, 5.74) is -1.05. The zero-order valence-corrected chi connectivity index (χ0v) is 13.7. The Hall–Kier alpha value is -0.600. The van der Waals surface area contributed by atoms with Crippen molar-refractivity contribution in [2.45, 2.75) is 12.7 Å². The normalized spacial score (nSPS) is 11.7. The molecule has 1 aromatic carbocycles. The fourth-order valence-electron chi connectivity index (χ4n) is 1.52. The van der Waals surface area contributed by atoms with Crippen LogP contribution in [0, 0.1) is 5.82 Å². The molecule has 1 N–H and O–H groups in total. The van der Waals surface area contributed by atoms with E-state index in [4.69, 9.17) is 0 Å². The van der Waals surface area contributed by atoms with Crippen molar-refractivity contribution >= 4 is 48.9 Å². The van der Waals surface area contributed by atoms with Gasteiger partial charge in [0.15, 0.2) is 0 Å². The average Bonchev–Trinajstić information content (AvgIpc) is 2.66. The van der Waals surface area contributed by atoms with Gasteiger partial charge in [-0.1, -0.05) is 0 Å². The van der Waals surface area contributed by atoms with E-state index in [2.05, 4.69) is 37.2 Å². The summed E-state index contributed by atoms with van der Waals surface area (Å²) in [5, 5.41) is 2.84. The molecule has 0 aliphatic rings. The molecule has 0 unspecified atom stereocenters. The van der Waals surface area contributed by atoms with E-state index in [-0.39, 0.29) is 5.69 Å². The van der Waals surface area contributed by atoms with Gasteiger partial charge in [-0.3, -0.25) is 0 Å². The van der Waals surface area contributed by atoms with Crippen molar-refractivity contribution in [3.63, 3.8) is 0 Å². The van der Waals surface area contributed by atoms with Crippen LogP contribution in [0.15, 0.2) is 32.5 Å². The first-order chi connectivity index (χ1) is 9.27. The summed E-state index contributed by atoms with van der Waals surface area (Å²) in [4.78, 5) is 0.932. The van der Waals surface area contributed by atoms with E-state index in [9.17, 15) is 17.6 Å². The van der Waals surface area contributed by atoms with E-state index in [0.29, 0.717) is 6.54 Å². The molecule has 108 valence electrons. The molecule has 1 nitrogen and oxygen atoms in total. The quantitative estimate of drug-likeness (QED) is 0.582. The van der Waals surface area contributed by atoms with Crippen LogP contribution in [-0.2, 0) is 12.7 Å². The largest absolute Gasteiger partial charge is 0.419 e. The summed E-state index contributed by atoms with van der Waals surface area (Å²) in [5.74, 6) is -1.27. The Morgan fingerprint density at radius 3 is 2.40 bits per heavy atom. The molecule has 2 aromatic rings. The molecular weight excluding hydrogens is 426 g/mol. The highest BCUT2D eigenvalue weighted by molar-refractivity contribution is 9.13. The predicted molar refractivity (Wildman–Crippen MR) is 78.4 cm³/mol. The molecule has 0 amide bonds. The number of hydrogen-bond donors (Lipinski definition) is 1. The second-order valence-corrected chi connectivity index (χ2v) is 7.19. The highest BCUT2D eigenvalue weighted by Gasteiger charge is 2.34. The second-order valence-electron chi connectivity index (χ2n) is 3.88. The summed E-state index contributed by atoms with van der Waals surface area (Å²) < 4.78 is 52.6. The first-order valence-electron chi connectivity index (χ1n) is 5.31. The van der Waals surface area contributed by atoms with Gasteiger partial charge in [0, 0.05) is 21.6 Å². The Bertz CT molecular complexity index is 605. The number of rotatable bonds is 3. The summed E-state index contributed by atoms with van der Waals surface area (Å²) in [6.07, 6.45) is -4.70. The average molecular weight is 433 g/mol.